The van der Waals surface area contributed by atoms with Gasteiger partial charge in [-0.25, -0.2) is 0 Å². The van der Waals surface area contributed by atoms with E-state index >= 15 is 0 Å². The third-order valence-electron chi connectivity index (χ3n) is 4.10. The fraction of sp³-hybridized carbons (Fsp3) is 0.556. The summed E-state index contributed by atoms with van der Waals surface area (Å²) in [6.07, 6.45) is 0. The Morgan fingerprint density at radius 1 is 1.16 bits per heavy atom. The highest BCUT2D eigenvalue weighted by atomic mass is 35.5. The Labute approximate surface area is 161 Å². The SMILES string of the molecule is CC(C)C(c1ccccc1Cl)N(C)C(=O)CNC(=O)[C@@H](N)C(C)C.Cl. The molecule has 0 aliphatic rings. The lowest BCUT2D eigenvalue weighted by Gasteiger charge is -2.32. The first kappa shape index (κ1) is 23.7. The van der Waals surface area contributed by atoms with E-state index in [0.29, 0.717) is 5.02 Å². The number of hydrogen-bond donors (Lipinski definition) is 2. The fourth-order valence-corrected chi connectivity index (χ4v) is 2.84. The van der Waals surface area contributed by atoms with E-state index in [-0.39, 0.29) is 48.6 Å². The fourth-order valence-electron chi connectivity index (χ4n) is 2.59. The Kier molecular flexibility index (Phi) is 10.1. The molecule has 0 aliphatic carbocycles. The van der Waals surface area contributed by atoms with Crippen molar-refractivity contribution in [3.63, 3.8) is 0 Å². The van der Waals surface area contributed by atoms with E-state index in [0.717, 1.165) is 5.56 Å². The Balaban J connectivity index is 0.00000576. The highest BCUT2D eigenvalue weighted by Crippen LogP contribution is 2.32. The summed E-state index contributed by atoms with van der Waals surface area (Å²) in [6.45, 7) is 7.72. The summed E-state index contributed by atoms with van der Waals surface area (Å²) in [5.74, 6) is -0.305. The Bertz CT molecular complexity index is 579. The average Bonchev–Trinajstić information content (AvgIpc) is 2.52. The summed E-state index contributed by atoms with van der Waals surface area (Å²) >= 11 is 6.29. The minimum Gasteiger partial charge on any atom is -0.346 e. The van der Waals surface area contributed by atoms with Crippen LogP contribution in [0, 0.1) is 11.8 Å². The van der Waals surface area contributed by atoms with E-state index in [1.165, 1.54) is 0 Å². The molecule has 0 saturated heterocycles. The number of carbonyl (C=O) groups excluding carboxylic acids is 2. The predicted molar refractivity (Wildman–Crippen MR) is 105 cm³/mol. The van der Waals surface area contributed by atoms with Gasteiger partial charge in [0.25, 0.3) is 0 Å². The van der Waals surface area contributed by atoms with Gasteiger partial charge in [-0.15, -0.1) is 12.4 Å². The van der Waals surface area contributed by atoms with Crippen molar-refractivity contribution in [2.45, 2.75) is 39.8 Å². The molecule has 1 unspecified atom stereocenters. The van der Waals surface area contributed by atoms with Gasteiger partial charge in [0.15, 0.2) is 0 Å². The normalized spacial score (nSPS) is 13.2. The zero-order chi connectivity index (χ0) is 18.4. The van der Waals surface area contributed by atoms with Crippen LogP contribution in [0.4, 0.5) is 0 Å². The van der Waals surface area contributed by atoms with Gasteiger partial charge in [0.1, 0.15) is 0 Å². The van der Waals surface area contributed by atoms with Crippen molar-refractivity contribution >= 4 is 35.8 Å². The second-order valence-electron chi connectivity index (χ2n) is 6.70. The van der Waals surface area contributed by atoms with Crippen LogP contribution in [0.5, 0.6) is 0 Å². The third-order valence-corrected chi connectivity index (χ3v) is 4.45. The van der Waals surface area contributed by atoms with Crippen LogP contribution >= 0.6 is 24.0 Å². The molecule has 0 fully saturated rings. The van der Waals surface area contributed by atoms with Gasteiger partial charge in [0.2, 0.25) is 11.8 Å². The van der Waals surface area contributed by atoms with Gasteiger partial charge in [-0.3, -0.25) is 9.59 Å². The average molecular weight is 390 g/mol. The molecule has 5 nitrogen and oxygen atoms in total. The van der Waals surface area contributed by atoms with Crippen LogP contribution in [0.15, 0.2) is 24.3 Å². The van der Waals surface area contributed by atoms with Crippen LogP contribution < -0.4 is 11.1 Å². The zero-order valence-corrected chi connectivity index (χ0v) is 17.0. The number of carbonyl (C=O) groups is 2. The molecule has 0 radical (unpaired) electrons. The maximum absolute atomic E-state index is 12.5. The first-order valence-electron chi connectivity index (χ1n) is 8.20. The molecule has 0 aromatic heterocycles. The van der Waals surface area contributed by atoms with E-state index in [1.54, 1.807) is 11.9 Å². The van der Waals surface area contributed by atoms with Gasteiger partial charge in [0.05, 0.1) is 18.6 Å². The molecule has 1 aromatic rings. The second-order valence-corrected chi connectivity index (χ2v) is 7.11. The summed E-state index contributed by atoms with van der Waals surface area (Å²) in [7, 11) is 1.73. The molecular formula is C18H29Cl2N3O2. The lowest BCUT2D eigenvalue weighted by molar-refractivity contribution is -0.134. The molecule has 2 amide bonds. The summed E-state index contributed by atoms with van der Waals surface area (Å²) in [5, 5.41) is 3.24. The highest BCUT2D eigenvalue weighted by molar-refractivity contribution is 6.31. The molecule has 0 bridgehead atoms. The van der Waals surface area contributed by atoms with Crippen LogP contribution in [0.2, 0.25) is 5.02 Å². The number of likely N-dealkylation sites (N-methyl/N-ethyl adjacent to an activating group) is 1. The summed E-state index contributed by atoms with van der Waals surface area (Å²) < 4.78 is 0. The zero-order valence-electron chi connectivity index (χ0n) is 15.5. The Hall–Kier alpha value is -1.30. The molecule has 2 atom stereocenters. The van der Waals surface area contributed by atoms with Crippen molar-refractivity contribution in [2.75, 3.05) is 13.6 Å². The van der Waals surface area contributed by atoms with E-state index in [1.807, 2.05) is 52.0 Å². The molecule has 0 spiro atoms. The molecule has 1 aromatic carbocycles. The molecule has 0 heterocycles. The Morgan fingerprint density at radius 2 is 1.72 bits per heavy atom. The van der Waals surface area contributed by atoms with Crippen molar-refractivity contribution in [2.24, 2.45) is 17.6 Å². The van der Waals surface area contributed by atoms with Crippen molar-refractivity contribution < 1.29 is 9.59 Å². The molecule has 142 valence electrons. The van der Waals surface area contributed by atoms with Crippen molar-refractivity contribution in [1.82, 2.24) is 10.2 Å². The number of halogens is 2. The van der Waals surface area contributed by atoms with E-state index in [9.17, 15) is 9.59 Å². The molecule has 25 heavy (non-hydrogen) atoms. The predicted octanol–water partition coefficient (Wildman–Crippen LogP) is 3.02. The minimum absolute atomic E-state index is 0. The van der Waals surface area contributed by atoms with Gasteiger partial charge in [0, 0.05) is 12.1 Å². The van der Waals surface area contributed by atoms with Gasteiger partial charge in [-0.1, -0.05) is 57.5 Å². The molecular weight excluding hydrogens is 361 g/mol. The number of benzene rings is 1. The number of nitrogens with zero attached hydrogens (tertiary/aromatic N) is 1. The first-order valence-corrected chi connectivity index (χ1v) is 8.58. The molecule has 3 N–H and O–H groups in total. The maximum atomic E-state index is 12.5. The Morgan fingerprint density at radius 3 is 2.20 bits per heavy atom. The van der Waals surface area contributed by atoms with Crippen LogP contribution in [0.3, 0.4) is 0 Å². The molecule has 0 aliphatic heterocycles. The molecule has 0 saturated carbocycles. The maximum Gasteiger partial charge on any atom is 0.242 e. The monoisotopic (exact) mass is 389 g/mol. The van der Waals surface area contributed by atoms with E-state index in [2.05, 4.69) is 5.32 Å². The summed E-state index contributed by atoms with van der Waals surface area (Å²) in [6, 6.07) is 6.71. The van der Waals surface area contributed by atoms with E-state index in [4.69, 9.17) is 17.3 Å². The van der Waals surface area contributed by atoms with Crippen LogP contribution in [0.1, 0.15) is 39.3 Å². The van der Waals surface area contributed by atoms with Crippen molar-refractivity contribution in [3.05, 3.63) is 34.9 Å². The lowest BCUT2D eigenvalue weighted by atomic mass is 9.94. The highest BCUT2D eigenvalue weighted by Gasteiger charge is 2.27. The standard InChI is InChI=1S/C18H28ClN3O2.ClH/c1-11(2)16(20)18(24)21-10-15(23)22(5)17(12(3)4)13-8-6-7-9-14(13)19;/h6-9,11-12,16-17H,10,20H2,1-5H3,(H,21,24);1H/t16-,17?;/m0./s1. The van der Waals surface area contributed by atoms with Crippen molar-refractivity contribution in [1.29, 1.82) is 0 Å². The van der Waals surface area contributed by atoms with Crippen LogP contribution in [-0.4, -0.2) is 36.3 Å². The number of rotatable bonds is 7. The van der Waals surface area contributed by atoms with Gasteiger partial charge in [-0.2, -0.15) is 0 Å². The second kappa shape index (κ2) is 10.6. The van der Waals surface area contributed by atoms with Gasteiger partial charge >= 0.3 is 0 Å². The van der Waals surface area contributed by atoms with Crippen molar-refractivity contribution in [3.8, 4) is 0 Å². The molecule has 7 heteroatoms. The number of hydrogen-bond acceptors (Lipinski definition) is 3. The number of nitrogens with one attached hydrogen (secondary N) is 1. The third kappa shape index (κ3) is 6.49. The summed E-state index contributed by atoms with van der Waals surface area (Å²) in [4.78, 5) is 26.0. The van der Waals surface area contributed by atoms with Gasteiger partial charge in [-0.05, 0) is 23.5 Å². The largest absolute Gasteiger partial charge is 0.346 e. The minimum atomic E-state index is -0.618. The van der Waals surface area contributed by atoms with E-state index < -0.39 is 6.04 Å². The quantitative estimate of drug-likeness (QED) is 0.752. The van der Waals surface area contributed by atoms with Gasteiger partial charge < -0.3 is 16.0 Å². The van der Waals surface area contributed by atoms with Crippen LogP contribution in [0.25, 0.3) is 0 Å². The molecule has 1 rings (SSSR count). The smallest absolute Gasteiger partial charge is 0.242 e. The topological polar surface area (TPSA) is 75.4 Å². The van der Waals surface area contributed by atoms with Crippen LogP contribution in [-0.2, 0) is 9.59 Å². The number of nitrogens with two attached hydrogens (primary N) is 1. The number of amides is 2. The first-order chi connectivity index (χ1) is 11.2. The lowest BCUT2D eigenvalue weighted by Crippen LogP contribution is -2.48. The summed E-state index contributed by atoms with van der Waals surface area (Å²) in [5.41, 5.74) is 6.69.